The molecular weight excluding hydrogens is 196 g/mol. The molecule has 0 aromatic heterocycles. The lowest BCUT2D eigenvalue weighted by Crippen LogP contribution is -1.74. The van der Waals surface area contributed by atoms with E-state index in [1.165, 1.54) is 0 Å². The van der Waals surface area contributed by atoms with Crippen LogP contribution in [0.15, 0.2) is 28.7 Å². The summed E-state index contributed by atoms with van der Waals surface area (Å²) in [6.45, 7) is 0. The first-order valence-corrected chi connectivity index (χ1v) is 3.80. The Kier molecular flexibility index (Phi) is 2.37. The Morgan fingerprint density at radius 2 is 2.22 bits per heavy atom. The van der Waals surface area contributed by atoms with Crippen LogP contribution in [-0.4, -0.2) is 5.37 Å². The van der Waals surface area contributed by atoms with Crippen molar-refractivity contribution in [3.63, 3.8) is 0 Å². The zero-order valence-corrected chi connectivity index (χ0v) is 7.08. The van der Waals surface area contributed by atoms with Crippen molar-refractivity contribution < 1.29 is 0 Å². The van der Waals surface area contributed by atoms with Gasteiger partial charge in [0, 0.05) is 9.84 Å². The van der Waals surface area contributed by atoms with Crippen molar-refractivity contribution in [2.45, 2.75) is 0 Å². The molecule has 0 fully saturated rings. The minimum Gasteiger partial charge on any atom is -0.0881 e. The van der Waals surface area contributed by atoms with Gasteiger partial charge in [-0.2, -0.15) is 0 Å². The highest BCUT2D eigenvalue weighted by molar-refractivity contribution is 9.10. The van der Waals surface area contributed by atoms with Gasteiger partial charge < -0.3 is 0 Å². The minimum atomic E-state index is 1.07. The second kappa shape index (κ2) is 3.08. The molecule has 0 atom stereocenters. The molecular formula is C7H5BrS. The Bertz CT molecular complexity index is 220. The van der Waals surface area contributed by atoms with Crippen LogP contribution < -0.4 is 0 Å². The van der Waals surface area contributed by atoms with E-state index in [0.717, 1.165) is 10.0 Å². The maximum atomic E-state index is 4.73. The second-order valence-electron chi connectivity index (χ2n) is 1.67. The molecule has 0 bridgehead atoms. The zero-order valence-electron chi connectivity index (χ0n) is 4.67. The molecule has 0 spiro atoms. The van der Waals surface area contributed by atoms with Crippen molar-refractivity contribution in [3.8, 4) is 0 Å². The summed E-state index contributed by atoms with van der Waals surface area (Å²) < 4.78 is 1.07. The number of rotatable bonds is 1. The van der Waals surface area contributed by atoms with Crippen molar-refractivity contribution >= 4 is 33.5 Å². The summed E-state index contributed by atoms with van der Waals surface area (Å²) in [7, 11) is 0. The summed E-state index contributed by atoms with van der Waals surface area (Å²) in [6.07, 6.45) is 0. The Labute approximate surface area is 68.0 Å². The predicted octanol–water partition coefficient (Wildman–Crippen LogP) is 2.80. The van der Waals surface area contributed by atoms with Gasteiger partial charge in [-0.05, 0) is 17.7 Å². The first-order valence-electron chi connectivity index (χ1n) is 2.53. The van der Waals surface area contributed by atoms with Gasteiger partial charge in [0.25, 0.3) is 0 Å². The third-order valence-corrected chi connectivity index (χ3v) is 1.75. The van der Waals surface area contributed by atoms with Gasteiger partial charge in [-0.15, -0.1) is 0 Å². The van der Waals surface area contributed by atoms with E-state index in [1.54, 1.807) is 5.37 Å². The van der Waals surface area contributed by atoms with Gasteiger partial charge in [0.15, 0.2) is 0 Å². The maximum absolute atomic E-state index is 4.73. The molecule has 0 aliphatic heterocycles. The molecule has 2 heteroatoms. The summed E-state index contributed by atoms with van der Waals surface area (Å²) in [5, 5.41) is 1.66. The topological polar surface area (TPSA) is 0 Å². The Hall–Kier alpha value is -0.210. The fourth-order valence-corrected chi connectivity index (χ4v) is 1.14. The van der Waals surface area contributed by atoms with Crippen LogP contribution in [-0.2, 0) is 0 Å². The van der Waals surface area contributed by atoms with E-state index in [9.17, 15) is 0 Å². The van der Waals surface area contributed by atoms with E-state index in [-0.39, 0.29) is 0 Å². The van der Waals surface area contributed by atoms with Gasteiger partial charge in [0.1, 0.15) is 0 Å². The molecule has 0 heterocycles. The van der Waals surface area contributed by atoms with Crippen LogP contribution in [0.4, 0.5) is 0 Å². The molecule has 0 radical (unpaired) electrons. The lowest BCUT2D eigenvalue weighted by molar-refractivity contribution is 1.63. The highest BCUT2D eigenvalue weighted by Gasteiger charge is 1.85. The fourth-order valence-electron chi connectivity index (χ4n) is 0.580. The van der Waals surface area contributed by atoms with Crippen molar-refractivity contribution in [1.29, 1.82) is 0 Å². The second-order valence-corrected chi connectivity index (χ2v) is 2.82. The average Bonchev–Trinajstić information content (AvgIpc) is 1.88. The van der Waals surface area contributed by atoms with Gasteiger partial charge >= 0.3 is 0 Å². The van der Waals surface area contributed by atoms with E-state index < -0.39 is 0 Å². The summed E-state index contributed by atoms with van der Waals surface area (Å²) in [6, 6.07) is 7.88. The SMILES string of the molecule is S=Cc1cccc(Br)c1. The molecule has 0 nitrogen and oxygen atoms in total. The lowest BCUT2D eigenvalue weighted by Gasteiger charge is -1.89. The van der Waals surface area contributed by atoms with Crippen LogP contribution in [0.25, 0.3) is 0 Å². The third-order valence-electron chi connectivity index (χ3n) is 0.985. The monoisotopic (exact) mass is 200 g/mol. The predicted molar refractivity (Wildman–Crippen MR) is 46.9 cm³/mol. The van der Waals surface area contributed by atoms with Crippen LogP contribution in [0.3, 0.4) is 0 Å². The first kappa shape index (κ1) is 6.90. The summed E-state index contributed by atoms with van der Waals surface area (Å²) in [5.74, 6) is 0. The van der Waals surface area contributed by atoms with Crippen LogP contribution in [0, 0.1) is 0 Å². The lowest BCUT2D eigenvalue weighted by atomic mass is 10.2. The molecule has 1 rings (SSSR count). The smallest absolute Gasteiger partial charge is 0.0181 e. The number of hydrogen-bond acceptors (Lipinski definition) is 1. The quantitative estimate of drug-likeness (QED) is 0.629. The van der Waals surface area contributed by atoms with Gasteiger partial charge in [0.05, 0.1) is 0 Å². The Morgan fingerprint density at radius 3 is 2.67 bits per heavy atom. The van der Waals surface area contributed by atoms with Crippen LogP contribution in [0.1, 0.15) is 5.56 Å². The number of benzene rings is 1. The van der Waals surface area contributed by atoms with E-state index in [4.69, 9.17) is 12.2 Å². The molecule has 1 aromatic rings. The third kappa shape index (κ3) is 1.88. The van der Waals surface area contributed by atoms with Crippen LogP contribution in [0.5, 0.6) is 0 Å². The number of hydrogen-bond donors (Lipinski definition) is 0. The molecule has 9 heavy (non-hydrogen) atoms. The van der Waals surface area contributed by atoms with Gasteiger partial charge in [-0.1, -0.05) is 40.3 Å². The van der Waals surface area contributed by atoms with Crippen molar-refractivity contribution in [1.82, 2.24) is 0 Å². The molecule has 0 aliphatic carbocycles. The highest BCUT2D eigenvalue weighted by Crippen LogP contribution is 2.09. The van der Waals surface area contributed by atoms with E-state index in [2.05, 4.69) is 15.9 Å². The first-order chi connectivity index (χ1) is 4.33. The molecule has 0 N–H and O–H groups in total. The molecule has 0 unspecified atom stereocenters. The molecule has 1 aromatic carbocycles. The van der Waals surface area contributed by atoms with Crippen LogP contribution >= 0.6 is 28.1 Å². The van der Waals surface area contributed by atoms with E-state index in [0.29, 0.717) is 0 Å². The standard InChI is InChI=1S/C7H5BrS/c8-7-3-1-2-6(4-7)5-9/h1-5H. The summed E-state index contributed by atoms with van der Waals surface area (Å²) >= 11 is 8.07. The van der Waals surface area contributed by atoms with Crippen molar-refractivity contribution in [3.05, 3.63) is 34.3 Å². The maximum Gasteiger partial charge on any atom is 0.0181 e. The molecule has 46 valence electrons. The van der Waals surface area contributed by atoms with Crippen LogP contribution in [0.2, 0.25) is 0 Å². The minimum absolute atomic E-state index is 1.07. The average molecular weight is 201 g/mol. The van der Waals surface area contributed by atoms with E-state index in [1.807, 2.05) is 24.3 Å². The number of thiocarbonyl (C=S) groups is 1. The Balaban J connectivity index is 3.07. The largest absolute Gasteiger partial charge is 0.0881 e. The number of halogens is 1. The van der Waals surface area contributed by atoms with Gasteiger partial charge in [-0.25, -0.2) is 0 Å². The van der Waals surface area contributed by atoms with Crippen molar-refractivity contribution in [2.24, 2.45) is 0 Å². The van der Waals surface area contributed by atoms with E-state index >= 15 is 0 Å². The zero-order chi connectivity index (χ0) is 6.69. The van der Waals surface area contributed by atoms with Gasteiger partial charge in [-0.3, -0.25) is 0 Å². The van der Waals surface area contributed by atoms with Gasteiger partial charge in [0.2, 0.25) is 0 Å². The molecule has 0 amide bonds. The Morgan fingerprint density at radius 1 is 1.44 bits per heavy atom. The molecule has 0 saturated carbocycles. The summed E-state index contributed by atoms with van der Waals surface area (Å²) in [5.41, 5.74) is 1.07. The molecule has 0 saturated heterocycles. The fraction of sp³-hybridized carbons (Fsp3) is 0. The normalized spacial score (nSPS) is 9.00. The highest BCUT2D eigenvalue weighted by atomic mass is 79.9. The summed E-state index contributed by atoms with van der Waals surface area (Å²) in [4.78, 5) is 0. The van der Waals surface area contributed by atoms with Crippen molar-refractivity contribution in [2.75, 3.05) is 0 Å². The molecule has 0 aliphatic rings.